The fraction of sp³-hybridized carbons (Fsp3) is 0.357. The second-order valence-corrected chi connectivity index (χ2v) is 4.79. The third kappa shape index (κ3) is 2.47. The van der Waals surface area contributed by atoms with Gasteiger partial charge in [-0.15, -0.1) is 0 Å². The molecule has 18 heavy (non-hydrogen) atoms. The van der Waals surface area contributed by atoms with E-state index in [1.54, 1.807) is 7.11 Å². The molecule has 3 N–H and O–H groups in total. The van der Waals surface area contributed by atoms with Crippen molar-refractivity contribution >= 4 is 5.69 Å². The van der Waals surface area contributed by atoms with Gasteiger partial charge in [0.15, 0.2) is 0 Å². The predicted octanol–water partition coefficient (Wildman–Crippen LogP) is 2.87. The second kappa shape index (κ2) is 5.12. The molecule has 1 heterocycles. The zero-order valence-corrected chi connectivity index (χ0v) is 11.0. The molecule has 0 bridgehead atoms. The largest absolute Gasteiger partial charge is 0.497 e. The Balaban J connectivity index is 2.36. The first kappa shape index (κ1) is 12.5. The summed E-state index contributed by atoms with van der Waals surface area (Å²) < 4.78 is 5.21. The quantitative estimate of drug-likeness (QED) is 0.870. The van der Waals surface area contributed by atoms with Crippen LogP contribution in [-0.4, -0.2) is 17.3 Å². The SMILES string of the molecule is COc1cccc(-c2n[nH]c(CC(C)C)c2N)c1. The number of aromatic amines is 1. The minimum absolute atomic E-state index is 0.547. The van der Waals surface area contributed by atoms with Gasteiger partial charge in [0.1, 0.15) is 11.4 Å². The van der Waals surface area contributed by atoms with Gasteiger partial charge in [0, 0.05) is 5.56 Å². The molecule has 0 unspecified atom stereocenters. The molecule has 1 aromatic carbocycles. The maximum Gasteiger partial charge on any atom is 0.119 e. The third-order valence-corrected chi connectivity index (χ3v) is 2.84. The van der Waals surface area contributed by atoms with Gasteiger partial charge in [-0.2, -0.15) is 5.10 Å². The van der Waals surface area contributed by atoms with Crippen molar-refractivity contribution in [1.82, 2.24) is 10.2 Å². The van der Waals surface area contributed by atoms with Crippen molar-refractivity contribution in [2.24, 2.45) is 5.92 Å². The van der Waals surface area contributed by atoms with Gasteiger partial charge in [-0.25, -0.2) is 0 Å². The summed E-state index contributed by atoms with van der Waals surface area (Å²) in [5.74, 6) is 1.35. The van der Waals surface area contributed by atoms with Crippen LogP contribution in [-0.2, 0) is 6.42 Å². The van der Waals surface area contributed by atoms with E-state index >= 15 is 0 Å². The molecule has 0 amide bonds. The topological polar surface area (TPSA) is 63.9 Å². The second-order valence-electron chi connectivity index (χ2n) is 4.79. The average molecular weight is 245 g/mol. The summed E-state index contributed by atoms with van der Waals surface area (Å²) in [7, 11) is 1.65. The van der Waals surface area contributed by atoms with E-state index in [1.807, 2.05) is 24.3 Å². The number of aromatic nitrogens is 2. The van der Waals surface area contributed by atoms with Gasteiger partial charge < -0.3 is 10.5 Å². The summed E-state index contributed by atoms with van der Waals surface area (Å²) in [6.07, 6.45) is 0.906. The van der Waals surface area contributed by atoms with Gasteiger partial charge in [0.25, 0.3) is 0 Å². The highest BCUT2D eigenvalue weighted by atomic mass is 16.5. The van der Waals surface area contributed by atoms with Crippen molar-refractivity contribution in [2.75, 3.05) is 12.8 Å². The summed E-state index contributed by atoms with van der Waals surface area (Å²) in [4.78, 5) is 0. The maximum absolute atomic E-state index is 6.14. The van der Waals surface area contributed by atoms with Crippen molar-refractivity contribution < 1.29 is 4.74 Å². The van der Waals surface area contributed by atoms with Gasteiger partial charge in [0.05, 0.1) is 18.5 Å². The van der Waals surface area contributed by atoms with Crippen molar-refractivity contribution in [3.05, 3.63) is 30.0 Å². The molecule has 0 atom stereocenters. The molecule has 0 radical (unpaired) electrons. The molecule has 0 saturated carbocycles. The predicted molar refractivity (Wildman–Crippen MR) is 73.5 cm³/mol. The maximum atomic E-state index is 6.14. The molecular formula is C14H19N3O. The zero-order chi connectivity index (χ0) is 13.1. The van der Waals surface area contributed by atoms with Gasteiger partial charge >= 0.3 is 0 Å². The standard InChI is InChI=1S/C14H19N3O/c1-9(2)7-12-13(15)14(17-16-12)10-5-4-6-11(8-10)18-3/h4-6,8-9H,7,15H2,1-3H3,(H,16,17). The third-order valence-electron chi connectivity index (χ3n) is 2.84. The van der Waals surface area contributed by atoms with Crippen LogP contribution in [0.4, 0.5) is 5.69 Å². The molecule has 0 spiro atoms. The van der Waals surface area contributed by atoms with Crippen molar-refractivity contribution in [3.8, 4) is 17.0 Å². The van der Waals surface area contributed by atoms with E-state index in [4.69, 9.17) is 10.5 Å². The van der Waals surface area contributed by atoms with E-state index in [9.17, 15) is 0 Å². The van der Waals surface area contributed by atoms with Crippen LogP contribution in [0.25, 0.3) is 11.3 Å². The van der Waals surface area contributed by atoms with Gasteiger partial charge in [0.2, 0.25) is 0 Å². The minimum atomic E-state index is 0.547. The van der Waals surface area contributed by atoms with Crippen LogP contribution < -0.4 is 10.5 Å². The highest BCUT2D eigenvalue weighted by Crippen LogP contribution is 2.29. The Labute approximate surface area is 107 Å². The first-order chi connectivity index (χ1) is 8.61. The summed E-state index contributed by atoms with van der Waals surface area (Å²) >= 11 is 0. The number of nitrogens with zero attached hydrogens (tertiary/aromatic N) is 1. The molecule has 1 aromatic heterocycles. The molecular weight excluding hydrogens is 226 g/mol. The number of benzene rings is 1. The minimum Gasteiger partial charge on any atom is -0.497 e. The number of nitrogen functional groups attached to an aromatic ring is 1. The van der Waals surface area contributed by atoms with E-state index in [-0.39, 0.29) is 0 Å². The molecule has 0 aliphatic carbocycles. The highest BCUT2D eigenvalue weighted by molar-refractivity contribution is 5.75. The Kier molecular flexibility index (Phi) is 3.55. The molecule has 0 fully saturated rings. The van der Waals surface area contributed by atoms with Crippen molar-refractivity contribution in [3.63, 3.8) is 0 Å². The molecule has 4 heteroatoms. The zero-order valence-electron chi connectivity index (χ0n) is 11.0. The monoisotopic (exact) mass is 245 g/mol. The van der Waals surface area contributed by atoms with Crippen LogP contribution in [0, 0.1) is 5.92 Å². The molecule has 4 nitrogen and oxygen atoms in total. The Bertz CT molecular complexity index is 532. The van der Waals surface area contributed by atoms with Gasteiger partial charge in [-0.1, -0.05) is 26.0 Å². The van der Waals surface area contributed by atoms with Crippen LogP contribution in [0.1, 0.15) is 19.5 Å². The fourth-order valence-corrected chi connectivity index (χ4v) is 1.94. The Morgan fingerprint density at radius 1 is 1.39 bits per heavy atom. The molecule has 0 aliphatic rings. The van der Waals surface area contributed by atoms with E-state index < -0.39 is 0 Å². The number of anilines is 1. The molecule has 0 aliphatic heterocycles. The number of methoxy groups -OCH3 is 1. The van der Waals surface area contributed by atoms with Crippen LogP contribution in [0.15, 0.2) is 24.3 Å². The van der Waals surface area contributed by atoms with Crippen LogP contribution in [0.3, 0.4) is 0 Å². The first-order valence-electron chi connectivity index (χ1n) is 6.09. The summed E-state index contributed by atoms with van der Waals surface area (Å²) in [6.45, 7) is 4.32. The lowest BCUT2D eigenvalue weighted by Gasteiger charge is -2.04. The van der Waals surface area contributed by atoms with E-state index in [0.29, 0.717) is 5.92 Å². The number of rotatable bonds is 4. The number of hydrogen-bond acceptors (Lipinski definition) is 3. The van der Waals surface area contributed by atoms with E-state index in [2.05, 4.69) is 24.0 Å². The Morgan fingerprint density at radius 2 is 2.17 bits per heavy atom. The first-order valence-corrected chi connectivity index (χ1v) is 6.09. The number of H-pyrrole nitrogens is 1. The Hall–Kier alpha value is -1.97. The number of hydrogen-bond donors (Lipinski definition) is 2. The molecule has 2 aromatic rings. The van der Waals surface area contributed by atoms with Gasteiger partial charge in [-0.3, -0.25) is 5.10 Å². The lowest BCUT2D eigenvalue weighted by Crippen LogP contribution is -1.98. The Morgan fingerprint density at radius 3 is 2.83 bits per heavy atom. The smallest absolute Gasteiger partial charge is 0.119 e. The molecule has 2 rings (SSSR count). The molecule has 0 saturated heterocycles. The molecule has 96 valence electrons. The van der Waals surface area contributed by atoms with Crippen LogP contribution >= 0.6 is 0 Å². The fourth-order valence-electron chi connectivity index (χ4n) is 1.94. The van der Waals surface area contributed by atoms with E-state index in [1.165, 1.54) is 0 Å². The highest BCUT2D eigenvalue weighted by Gasteiger charge is 2.13. The van der Waals surface area contributed by atoms with Crippen molar-refractivity contribution in [1.29, 1.82) is 0 Å². The summed E-state index contributed by atoms with van der Waals surface area (Å²) in [5, 5.41) is 7.33. The summed E-state index contributed by atoms with van der Waals surface area (Å²) in [6, 6.07) is 7.76. The average Bonchev–Trinajstić information content (AvgIpc) is 2.70. The number of ether oxygens (including phenoxy) is 1. The van der Waals surface area contributed by atoms with Gasteiger partial charge in [-0.05, 0) is 24.5 Å². The number of nitrogens with two attached hydrogens (primary N) is 1. The normalized spacial score (nSPS) is 10.9. The van der Waals surface area contributed by atoms with E-state index in [0.717, 1.165) is 34.8 Å². The lowest BCUT2D eigenvalue weighted by molar-refractivity contribution is 0.415. The lowest BCUT2D eigenvalue weighted by atomic mass is 10.0. The van der Waals surface area contributed by atoms with Crippen molar-refractivity contribution in [2.45, 2.75) is 20.3 Å². The van der Waals surface area contributed by atoms with Crippen LogP contribution in [0.2, 0.25) is 0 Å². The number of nitrogens with one attached hydrogen (secondary N) is 1. The van der Waals surface area contributed by atoms with Crippen LogP contribution in [0.5, 0.6) is 5.75 Å². The summed E-state index contributed by atoms with van der Waals surface area (Å²) in [5.41, 5.74) is 9.64.